The monoisotopic (exact) mass is 239 g/mol. The molecule has 16 heavy (non-hydrogen) atoms. The molecule has 1 unspecified atom stereocenters. The zero-order valence-corrected chi connectivity index (χ0v) is 10.5. The van der Waals surface area contributed by atoms with Crippen LogP contribution < -0.4 is 0 Å². The number of hydrogen-bond acceptors (Lipinski definition) is 2. The fraction of sp³-hybridized carbons (Fsp3) is 0.583. The molecule has 2 rings (SSSR count). The molecule has 1 saturated heterocycles. The molecule has 4 heteroatoms. The van der Waals surface area contributed by atoms with Crippen LogP contribution in [0.3, 0.4) is 0 Å². The lowest BCUT2D eigenvalue weighted by Crippen LogP contribution is -2.13. The van der Waals surface area contributed by atoms with Gasteiger partial charge in [-0.15, -0.1) is 0 Å². The first kappa shape index (κ1) is 11.6. The number of thioether (sulfide) groups is 1. The molecule has 1 N–H and O–H groups in total. The number of carbonyl (C=O) groups is 1. The van der Waals surface area contributed by atoms with Gasteiger partial charge in [0.05, 0.1) is 5.56 Å². The van der Waals surface area contributed by atoms with E-state index in [-0.39, 0.29) is 0 Å². The first-order valence-corrected chi connectivity index (χ1v) is 6.73. The minimum atomic E-state index is -0.819. The second-order valence-electron chi connectivity index (χ2n) is 4.43. The van der Waals surface area contributed by atoms with Crippen molar-refractivity contribution in [2.75, 3.05) is 11.5 Å². The van der Waals surface area contributed by atoms with E-state index in [1.807, 2.05) is 25.6 Å². The molecule has 1 aromatic rings. The van der Waals surface area contributed by atoms with Crippen LogP contribution in [0.15, 0.2) is 6.07 Å². The van der Waals surface area contributed by atoms with Crippen LogP contribution in [0, 0.1) is 19.8 Å². The van der Waals surface area contributed by atoms with E-state index in [1.165, 1.54) is 17.9 Å². The third kappa shape index (κ3) is 2.12. The number of carboxylic acid groups (broad SMARTS) is 1. The molecule has 1 aromatic heterocycles. The van der Waals surface area contributed by atoms with Gasteiger partial charge in [0.1, 0.15) is 0 Å². The third-order valence-electron chi connectivity index (χ3n) is 3.27. The predicted octanol–water partition coefficient (Wildman–Crippen LogP) is 2.56. The highest BCUT2D eigenvalue weighted by Gasteiger charge is 2.20. The Morgan fingerprint density at radius 2 is 2.38 bits per heavy atom. The Morgan fingerprint density at radius 1 is 1.62 bits per heavy atom. The van der Waals surface area contributed by atoms with Gasteiger partial charge in [-0.05, 0) is 43.8 Å². The fourth-order valence-corrected chi connectivity index (χ4v) is 3.56. The van der Waals surface area contributed by atoms with Crippen molar-refractivity contribution in [3.05, 3.63) is 23.0 Å². The topological polar surface area (TPSA) is 42.2 Å². The number of aromatic nitrogens is 1. The molecule has 88 valence electrons. The lowest BCUT2D eigenvalue weighted by atomic mass is 10.1. The summed E-state index contributed by atoms with van der Waals surface area (Å²) in [4.78, 5) is 11.0. The van der Waals surface area contributed by atoms with Crippen molar-refractivity contribution in [2.45, 2.75) is 26.8 Å². The molecule has 3 nitrogen and oxygen atoms in total. The molecular formula is C12H17NO2S. The molecule has 0 aromatic carbocycles. The van der Waals surface area contributed by atoms with E-state index in [1.54, 1.807) is 6.07 Å². The van der Waals surface area contributed by atoms with Gasteiger partial charge in [-0.3, -0.25) is 0 Å². The summed E-state index contributed by atoms with van der Waals surface area (Å²) in [6, 6.07) is 1.78. The van der Waals surface area contributed by atoms with Gasteiger partial charge in [-0.1, -0.05) is 0 Å². The molecule has 1 aliphatic rings. The van der Waals surface area contributed by atoms with Crippen molar-refractivity contribution >= 4 is 17.7 Å². The summed E-state index contributed by atoms with van der Waals surface area (Å²) in [5.41, 5.74) is 2.40. The minimum Gasteiger partial charge on any atom is -0.478 e. The highest BCUT2D eigenvalue weighted by Crippen LogP contribution is 2.26. The van der Waals surface area contributed by atoms with Crippen LogP contribution >= 0.6 is 11.8 Å². The maximum absolute atomic E-state index is 11.0. The largest absolute Gasteiger partial charge is 0.478 e. The summed E-state index contributed by atoms with van der Waals surface area (Å²) in [6.07, 6.45) is 1.25. The quantitative estimate of drug-likeness (QED) is 0.881. The van der Waals surface area contributed by atoms with Gasteiger partial charge < -0.3 is 9.67 Å². The maximum atomic E-state index is 11.0. The van der Waals surface area contributed by atoms with Crippen molar-refractivity contribution in [3.63, 3.8) is 0 Å². The molecule has 1 atom stereocenters. The van der Waals surface area contributed by atoms with Crippen LogP contribution in [-0.4, -0.2) is 27.1 Å². The summed E-state index contributed by atoms with van der Waals surface area (Å²) in [5.74, 6) is 2.34. The zero-order chi connectivity index (χ0) is 11.7. The van der Waals surface area contributed by atoms with Crippen molar-refractivity contribution in [1.82, 2.24) is 4.57 Å². The van der Waals surface area contributed by atoms with Gasteiger partial charge in [0, 0.05) is 17.9 Å². The molecule has 1 aliphatic heterocycles. The molecule has 0 saturated carbocycles. The predicted molar refractivity (Wildman–Crippen MR) is 66.3 cm³/mol. The Bertz CT molecular complexity index is 405. The first-order chi connectivity index (χ1) is 7.59. The van der Waals surface area contributed by atoms with E-state index in [4.69, 9.17) is 5.11 Å². The molecule has 2 heterocycles. The van der Waals surface area contributed by atoms with Gasteiger partial charge in [-0.25, -0.2) is 4.79 Å². The molecule has 1 fully saturated rings. The van der Waals surface area contributed by atoms with Crippen LogP contribution in [0.4, 0.5) is 0 Å². The number of nitrogens with zero attached hydrogens (tertiary/aromatic N) is 1. The standard InChI is InChI=1S/C12H17NO2S/c1-8-5-11(12(14)15)9(2)13(8)6-10-3-4-16-7-10/h5,10H,3-4,6-7H2,1-2H3,(H,14,15). The number of aryl methyl sites for hydroxylation is 1. The summed E-state index contributed by atoms with van der Waals surface area (Å²) in [6.45, 7) is 4.86. The Kier molecular flexibility index (Phi) is 3.28. The van der Waals surface area contributed by atoms with Crippen molar-refractivity contribution in [2.24, 2.45) is 5.92 Å². The molecule has 0 spiro atoms. The molecular weight excluding hydrogens is 222 g/mol. The van der Waals surface area contributed by atoms with Crippen LogP contribution in [-0.2, 0) is 6.54 Å². The van der Waals surface area contributed by atoms with Crippen LogP contribution in [0.25, 0.3) is 0 Å². The summed E-state index contributed by atoms with van der Waals surface area (Å²) in [5, 5.41) is 9.05. The normalized spacial score (nSPS) is 20.2. The Morgan fingerprint density at radius 3 is 2.88 bits per heavy atom. The average Bonchev–Trinajstić information content (AvgIpc) is 2.81. The van der Waals surface area contributed by atoms with Crippen LogP contribution in [0.1, 0.15) is 28.2 Å². The maximum Gasteiger partial charge on any atom is 0.337 e. The SMILES string of the molecule is Cc1cc(C(=O)O)c(C)n1CC1CCSC1. The number of rotatable bonds is 3. The van der Waals surface area contributed by atoms with E-state index in [2.05, 4.69) is 4.57 Å². The van der Waals surface area contributed by atoms with Crippen molar-refractivity contribution in [3.8, 4) is 0 Å². The summed E-state index contributed by atoms with van der Waals surface area (Å²) in [7, 11) is 0. The highest BCUT2D eigenvalue weighted by molar-refractivity contribution is 7.99. The Labute approximate surface area is 99.8 Å². The Hall–Kier alpha value is -0.900. The molecule has 0 amide bonds. The summed E-state index contributed by atoms with van der Waals surface area (Å²) >= 11 is 2.00. The lowest BCUT2D eigenvalue weighted by molar-refractivity contribution is 0.0696. The number of carboxylic acids is 1. The smallest absolute Gasteiger partial charge is 0.337 e. The number of aromatic carboxylic acids is 1. The van der Waals surface area contributed by atoms with Crippen molar-refractivity contribution < 1.29 is 9.90 Å². The lowest BCUT2D eigenvalue weighted by Gasteiger charge is -2.14. The van der Waals surface area contributed by atoms with E-state index >= 15 is 0 Å². The third-order valence-corrected chi connectivity index (χ3v) is 4.50. The average molecular weight is 239 g/mol. The first-order valence-electron chi connectivity index (χ1n) is 5.57. The van der Waals surface area contributed by atoms with Gasteiger partial charge in [0.15, 0.2) is 0 Å². The van der Waals surface area contributed by atoms with Crippen LogP contribution in [0.2, 0.25) is 0 Å². The zero-order valence-electron chi connectivity index (χ0n) is 9.69. The van der Waals surface area contributed by atoms with E-state index < -0.39 is 5.97 Å². The van der Waals surface area contributed by atoms with Gasteiger partial charge in [0.2, 0.25) is 0 Å². The second-order valence-corrected chi connectivity index (χ2v) is 5.58. The van der Waals surface area contributed by atoms with E-state index in [0.29, 0.717) is 11.5 Å². The molecule has 0 aliphatic carbocycles. The molecule has 0 bridgehead atoms. The van der Waals surface area contributed by atoms with E-state index in [0.717, 1.165) is 17.9 Å². The minimum absolute atomic E-state index is 0.447. The molecule has 0 radical (unpaired) electrons. The van der Waals surface area contributed by atoms with E-state index in [9.17, 15) is 4.79 Å². The summed E-state index contributed by atoms with van der Waals surface area (Å²) < 4.78 is 2.15. The van der Waals surface area contributed by atoms with Gasteiger partial charge in [0.25, 0.3) is 0 Å². The fourth-order valence-electron chi connectivity index (χ4n) is 2.28. The second kappa shape index (κ2) is 4.53. The van der Waals surface area contributed by atoms with Crippen LogP contribution in [0.5, 0.6) is 0 Å². The van der Waals surface area contributed by atoms with Gasteiger partial charge in [-0.2, -0.15) is 11.8 Å². The Balaban J connectivity index is 2.22. The van der Waals surface area contributed by atoms with Crippen molar-refractivity contribution in [1.29, 1.82) is 0 Å². The highest BCUT2D eigenvalue weighted by atomic mass is 32.2. The number of hydrogen-bond donors (Lipinski definition) is 1. The van der Waals surface area contributed by atoms with Gasteiger partial charge >= 0.3 is 5.97 Å².